The summed E-state index contributed by atoms with van der Waals surface area (Å²) in [5, 5.41) is 4.79. The number of hydrazone groups is 1. The van der Waals surface area contributed by atoms with E-state index >= 15 is 0 Å². The minimum Gasteiger partial charge on any atom is -0.272 e. The standard InChI is InChI=1S/C20H25N3OS/c1-14(16-9-11-17(12-10-16)20(3,4)5)22-23-19(24)15(2)25-18-8-6-7-13-21-18/h6-13,15H,1-5H3,(H,23,24)/b22-14-/t15-/m0/s1. The molecule has 0 aliphatic carbocycles. The number of nitrogens with one attached hydrogen (secondary N) is 1. The van der Waals surface area contributed by atoms with Crippen molar-refractivity contribution in [3.63, 3.8) is 0 Å². The Morgan fingerprint density at radius 1 is 1.16 bits per heavy atom. The van der Waals surface area contributed by atoms with Gasteiger partial charge in [-0.1, -0.05) is 62.9 Å². The monoisotopic (exact) mass is 355 g/mol. The molecule has 0 aliphatic heterocycles. The Bertz CT molecular complexity index is 734. The van der Waals surface area contributed by atoms with E-state index in [1.165, 1.54) is 17.3 Å². The molecule has 4 nitrogen and oxygen atoms in total. The third-order valence-corrected chi connectivity index (χ3v) is 4.86. The predicted molar refractivity (Wildman–Crippen MR) is 105 cm³/mol. The van der Waals surface area contributed by atoms with Crippen LogP contribution in [0.3, 0.4) is 0 Å². The number of aromatic nitrogens is 1. The van der Waals surface area contributed by atoms with Crippen molar-refractivity contribution in [1.82, 2.24) is 10.4 Å². The second kappa shape index (κ2) is 8.30. The average molecular weight is 356 g/mol. The molecule has 2 rings (SSSR count). The molecule has 1 N–H and O–H groups in total. The molecule has 0 spiro atoms. The summed E-state index contributed by atoms with van der Waals surface area (Å²) in [7, 11) is 0. The zero-order valence-corrected chi connectivity index (χ0v) is 16.2. The molecule has 0 saturated heterocycles. The average Bonchev–Trinajstić information content (AvgIpc) is 2.59. The molecule has 132 valence electrons. The molecular formula is C20H25N3OS. The summed E-state index contributed by atoms with van der Waals surface area (Å²) in [4.78, 5) is 16.4. The molecule has 0 fully saturated rings. The van der Waals surface area contributed by atoms with Crippen molar-refractivity contribution in [3.8, 4) is 0 Å². The number of benzene rings is 1. The first-order chi connectivity index (χ1) is 11.8. The van der Waals surface area contributed by atoms with Gasteiger partial charge in [0, 0.05) is 6.20 Å². The first-order valence-electron chi connectivity index (χ1n) is 8.30. The van der Waals surface area contributed by atoms with Gasteiger partial charge in [0.2, 0.25) is 0 Å². The second-order valence-corrected chi connectivity index (χ2v) is 8.29. The zero-order chi connectivity index (χ0) is 18.4. The Balaban J connectivity index is 1.96. The van der Waals surface area contributed by atoms with Crippen LogP contribution in [0.25, 0.3) is 0 Å². The van der Waals surface area contributed by atoms with Crippen LogP contribution in [-0.2, 0) is 10.2 Å². The van der Waals surface area contributed by atoms with Crippen LogP contribution in [0.15, 0.2) is 58.8 Å². The van der Waals surface area contributed by atoms with E-state index in [0.717, 1.165) is 16.3 Å². The van der Waals surface area contributed by atoms with Crippen molar-refractivity contribution in [2.75, 3.05) is 0 Å². The van der Waals surface area contributed by atoms with Crippen molar-refractivity contribution in [2.24, 2.45) is 5.10 Å². The topological polar surface area (TPSA) is 54.4 Å². The SMILES string of the molecule is C/C(=N/NC(=O)[C@H](C)Sc1ccccn1)c1ccc(C(C)(C)C)cc1. The van der Waals surface area contributed by atoms with Crippen LogP contribution in [-0.4, -0.2) is 21.9 Å². The number of hydrogen-bond acceptors (Lipinski definition) is 4. The fourth-order valence-corrected chi connectivity index (χ4v) is 2.96. The summed E-state index contributed by atoms with van der Waals surface area (Å²) in [6.07, 6.45) is 1.72. The van der Waals surface area contributed by atoms with Gasteiger partial charge in [-0.25, -0.2) is 10.4 Å². The van der Waals surface area contributed by atoms with E-state index in [1.807, 2.05) is 44.2 Å². The van der Waals surface area contributed by atoms with E-state index in [1.54, 1.807) is 6.20 Å². The molecule has 2 aromatic rings. The number of pyridine rings is 1. The van der Waals surface area contributed by atoms with E-state index < -0.39 is 0 Å². The van der Waals surface area contributed by atoms with Crippen LogP contribution in [0.1, 0.15) is 45.7 Å². The maximum Gasteiger partial charge on any atom is 0.253 e. The minimum absolute atomic E-state index is 0.121. The van der Waals surface area contributed by atoms with Gasteiger partial charge in [-0.05, 0) is 42.5 Å². The summed E-state index contributed by atoms with van der Waals surface area (Å²) < 4.78 is 0. The molecule has 0 saturated carbocycles. The third-order valence-electron chi connectivity index (χ3n) is 3.81. The maximum atomic E-state index is 12.2. The van der Waals surface area contributed by atoms with E-state index in [9.17, 15) is 4.79 Å². The Morgan fingerprint density at radius 3 is 2.40 bits per heavy atom. The van der Waals surface area contributed by atoms with E-state index in [0.29, 0.717) is 0 Å². The molecular weight excluding hydrogens is 330 g/mol. The summed E-state index contributed by atoms with van der Waals surface area (Å²) in [6, 6.07) is 13.9. The molecule has 0 radical (unpaired) electrons. The number of carbonyl (C=O) groups excluding carboxylic acids is 1. The van der Waals surface area contributed by atoms with Crippen molar-refractivity contribution < 1.29 is 4.79 Å². The normalized spacial score (nSPS) is 13.4. The Morgan fingerprint density at radius 2 is 1.84 bits per heavy atom. The van der Waals surface area contributed by atoms with Crippen LogP contribution >= 0.6 is 11.8 Å². The molecule has 5 heteroatoms. The van der Waals surface area contributed by atoms with Crippen molar-refractivity contribution in [1.29, 1.82) is 0 Å². The maximum absolute atomic E-state index is 12.2. The van der Waals surface area contributed by atoms with Crippen molar-refractivity contribution in [3.05, 3.63) is 59.8 Å². The van der Waals surface area contributed by atoms with Crippen molar-refractivity contribution in [2.45, 2.75) is 50.3 Å². The van der Waals surface area contributed by atoms with Crippen LogP contribution in [0, 0.1) is 0 Å². The van der Waals surface area contributed by atoms with Gasteiger partial charge >= 0.3 is 0 Å². The molecule has 25 heavy (non-hydrogen) atoms. The molecule has 1 aromatic carbocycles. The van der Waals surface area contributed by atoms with Gasteiger partial charge in [0.25, 0.3) is 5.91 Å². The van der Waals surface area contributed by atoms with E-state index in [-0.39, 0.29) is 16.6 Å². The number of thioether (sulfide) groups is 1. The number of amides is 1. The first-order valence-corrected chi connectivity index (χ1v) is 9.18. The third kappa shape index (κ3) is 5.71. The fourth-order valence-electron chi connectivity index (χ4n) is 2.16. The summed E-state index contributed by atoms with van der Waals surface area (Å²) >= 11 is 1.41. The van der Waals surface area contributed by atoms with Gasteiger partial charge in [0.05, 0.1) is 16.0 Å². The van der Waals surface area contributed by atoms with Gasteiger partial charge < -0.3 is 0 Å². The highest BCUT2D eigenvalue weighted by Gasteiger charge is 2.15. The molecule has 0 unspecified atom stereocenters. The zero-order valence-electron chi connectivity index (χ0n) is 15.4. The van der Waals surface area contributed by atoms with Gasteiger partial charge in [-0.15, -0.1) is 0 Å². The summed E-state index contributed by atoms with van der Waals surface area (Å²) in [6.45, 7) is 10.3. The molecule has 1 aromatic heterocycles. The minimum atomic E-state index is -0.269. The highest BCUT2D eigenvalue weighted by Crippen LogP contribution is 2.22. The van der Waals surface area contributed by atoms with Gasteiger partial charge in [-0.2, -0.15) is 5.10 Å². The van der Waals surface area contributed by atoms with Crippen LogP contribution in [0.2, 0.25) is 0 Å². The summed E-state index contributed by atoms with van der Waals surface area (Å²) in [5.74, 6) is -0.138. The molecule has 1 heterocycles. The van der Waals surface area contributed by atoms with Crippen LogP contribution in [0.4, 0.5) is 0 Å². The van der Waals surface area contributed by atoms with Crippen LogP contribution in [0.5, 0.6) is 0 Å². The number of hydrogen-bond donors (Lipinski definition) is 1. The van der Waals surface area contributed by atoms with Gasteiger partial charge in [0.15, 0.2) is 0 Å². The second-order valence-electron chi connectivity index (χ2n) is 6.93. The Kier molecular flexibility index (Phi) is 6.37. The Hall–Kier alpha value is -2.14. The number of carbonyl (C=O) groups is 1. The number of rotatable bonds is 5. The lowest BCUT2D eigenvalue weighted by molar-refractivity contribution is -0.120. The molecule has 1 amide bonds. The lowest BCUT2D eigenvalue weighted by Crippen LogP contribution is -2.27. The predicted octanol–water partition coefficient (Wildman–Crippen LogP) is 4.40. The van der Waals surface area contributed by atoms with Gasteiger partial charge in [-0.3, -0.25) is 4.79 Å². The highest BCUT2D eigenvalue weighted by molar-refractivity contribution is 8.00. The lowest BCUT2D eigenvalue weighted by atomic mass is 9.86. The first kappa shape index (κ1) is 19.2. The van der Waals surface area contributed by atoms with Gasteiger partial charge in [0.1, 0.15) is 0 Å². The van der Waals surface area contributed by atoms with Crippen LogP contribution < -0.4 is 5.43 Å². The smallest absolute Gasteiger partial charge is 0.253 e. The molecule has 0 bridgehead atoms. The molecule has 1 atom stereocenters. The number of nitrogens with zero attached hydrogens (tertiary/aromatic N) is 2. The quantitative estimate of drug-likeness (QED) is 0.491. The van der Waals surface area contributed by atoms with E-state index in [4.69, 9.17) is 0 Å². The van der Waals surface area contributed by atoms with Crippen molar-refractivity contribution >= 4 is 23.4 Å². The largest absolute Gasteiger partial charge is 0.272 e. The molecule has 0 aliphatic rings. The summed E-state index contributed by atoms with van der Waals surface area (Å²) in [5.41, 5.74) is 5.82. The lowest BCUT2D eigenvalue weighted by Gasteiger charge is -2.19. The Labute approximate surface area is 154 Å². The fraction of sp³-hybridized carbons (Fsp3) is 0.350. The van der Waals surface area contributed by atoms with E-state index in [2.05, 4.69) is 48.4 Å². The highest BCUT2D eigenvalue weighted by atomic mass is 32.2.